The van der Waals surface area contributed by atoms with E-state index in [2.05, 4.69) is 42.2 Å². The number of piperidine rings is 1. The van der Waals surface area contributed by atoms with E-state index in [1.807, 2.05) is 0 Å². The van der Waals surface area contributed by atoms with Crippen LogP contribution in [0.4, 0.5) is 0 Å². The van der Waals surface area contributed by atoms with Crippen LogP contribution in [0.25, 0.3) is 0 Å². The zero-order valence-corrected chi connectivity index (χ0v) is 12.6. The van der Waals surface area contributed by atoms with Gasteiger partial charge in [-0.1, -0.05) is 37.3 Å². The first kappa shape index (κ1) is 14.1. The van der Waals surface area contributed by atoms with Crippen LogP contribution in [-0.2, 0) is 5.54 Å². The molecule has 1 heterocycles. The fraction of sp³-hybridized carbons (Fsp3) is 0.667. The molecule has 2 aliphatic rings. The van der Waals surface area contributed by atoms with Gasteiger partial charge < -0.3 is 5.11 Å². The van der Waals surface area contributed by atoms with Crippen LogP contribution in [0.2, 0.25) is 0 Å². The summed E-state index contributed by atoms with van der Waals surface area (Å²) in [6, 6.07) is 11.0. The second kappa shape index (κ2) is 5.87. The van der Waals surface area contributed by atoms with Crippen LogP contribution in [0.1, 0.15) is 51.0 Å². The van der Waals surface area contributed by atoms with Crippen molar-refractivity contribution in [2.45, 2.75) is 57.1 Å². The van der Waals surface area contributed by atoms with E-state index >= 15 is 0 Å². The third-order valence-corrected chi connectivity index (χ3v) is 5.41. The molecular weight excluding hydrogens is 246 g/mol. The van der Waals surface area contributed by atoms with Crippen LogP contribution >= 0.6 is 0 Å². The minimum atomic E-state index is -0.135. The van der Waals surface area contributed by atoms with E-state index in [0.29, 0.717) is 0 Å². The normalized spacial score (nSPS) is 35.9. The molecule has 1 aliphatic heterocycles. The van der Waals surface area contributed by atoms with Crippen LogP contribution in [0.15, 0.2) is 30.3 Å². The first-order chi connectivity index (χ1) is 9.71. The number of β-amino-alcohol motifs (C(OH)–C–C–N with tert-alkyl or cyclic N) is 1. The van der Waals surface area contributed by atoms with Crippen molar-refractivity contribution in [1.29, 1.82) is 0 Å². The molecular formula is C18H27NO. The van der Waals surface area contributed by atoms with Gasteiger partial charge in [0.15, 0.2) is 0 Å². The van der Waals surface area contributed by atoms with Crippen molar-refractivity contribution >= 4 is 0 Å². The van der Waals surface area contributed by atoms with Crippen molar-refractivity contribution in [1.82, 2.24) is 4.90 Å². The zero-order chi connectivity index (χ0) is 14.0. The molecule has 110 valence electrons. The molecule has 20 heavy (non-hydrogen) atoms. The van der Waals surface area contributed by atoms with Gasteiger partial charge in [-0.25, -0.2) is 0 Å². The molecule has 0 spiro atoms. The second-order valence-corrected chi connectivity index (χ2v) is 6.82. The fourth-order valence-corrected chi connectivity index (χ4v) is 4.12. The van der Waals surface area contributed by atoms with Crippen molar-refractivity contribution in [3.05, 3.63) is 35.9 Å². The van der Waals surface area contributed by atoms with Crippen molar-refractivity contribution in [2.75, 3.05) is 13.1 Å². The molecule has 1 aliphatic carbocycles. The van der Waals surface area contributed by atoms with E-state index in [0.717, 1.165) is 31.8 Å². The molecule has 1 aromatic rings. The highest BCUT2D eigenvalue weighted by Crippen LogP contribution is 2.45. The quantitative estimate of drug-likeness (QED) is 0.891. The van der Waals surface area contributed by atoms with E-state index in [-0.39, 0.29) is 11.6 Å². The number of benzene rings is 1. The van der Waals surface area contributed by atoms with E-state index in [4.69, 9.17) is 0 Å². The standard InChI is InChI=1S/C18H27NO/c1-15-9-11-18(12-10-15,16-6-3-2-4-7-16)19-13-5-8-17(20)14-19/h2-4,6-7,15,17,20H,5,8-14H2,1H3. The highest BCUT2D eigenvalue weighted by atomic mass is 16.3. The lowest BCUT2D eigenvalue weighted by Crippen LogP contribution is -2.53. The molecule has 1 saturated heterocycles. The predicted octanol–water partition coefficient (Wildman–Crippen LogP) is 3.55. The second-order valence-electron chi connectivity index (χ2n) is 6.82. The Kier molecular flexibility index (Phi) is 4.13. The predicted molar refractivity (Wildman–Crippen MR) is 82.6 cm³/mol. The van der Waals surface area contributed by atoms with Crippen molar-refractivity contribution in [3.8, 4) is 0 Å². The number of aliphatic hydroxyl groups excluding tert-OH is 1. The summed E-state index contributed by atoms with van der Waals surface area (Å²) >= 11 is 0. The molecule has 1 atom stereocenters. The average molecular weight is 273 g/mol. The van der Waals surface area contributed by atoms with E-state index < -0.39 is 0 Å². The molecule has 2 fully saturated rings. The molecule has 2 nitrogen and oxygen atoms in total. The Labute approximate surface area is 122 Å². The Morgan fingerprint density at radius 2 is 1.80 bits per heavy atom. The van der Waals surface area contributed by atoms with Crippen LogP contribution < -0.4 is 0 Å². The minimum Gasteiger partial charge on any atom is -0.392 e. The SMILES string of the molecule is CC1CCC(c2ccccc2)(N2CCCC(O)C2)CC1. The maximum Gasteiger partial charge on any atom is 0.0667 e. The highest BCUT2D eigenvalue weighted by Gasteiger charge is 2.42. The largest absolute Gasteiger partial charge is 0.392 e. The molecule has 1 N–H and O–H groups in total. The van der Waals surface area contributed by atoms with Gasteiger partial charge in [0.2, 0.25) is 0 Å². The highest BCUT2D eigenvalue weighted by molar-refractivity contribution is 5.26. The van der Waals surface area contributed by atoms with E-state index in [1.54, 1.807) is 0 Å². The fourth-order valence-electron chi connectivity index (χ4n) is 4.12. The third kappa shape index (κ3) is 2.64. The van der Waals surface area contributed by atoms with Gasteiger partial charge in [-0.3, -0.25) is 4.90 Å². The molecule has 0 aromatic heterocycles. The van der Waals surface area contributed by atoms with E-state index in [9.17, 15) is 5.11 Å². The number of aliphatic hydroxyl groups is 1. The van der Waals surface area contributed by atoms with Gasteiger partial charge in [0.1, 0.15) is 0 Å². The first-order valence-corrected chi connectivity index (χ1v) is 8.19. The summed E-state index contributed by atoms with van der Waals surface area (Å²) in [6.07, 6.45) is 7.06. The van der Waals surface area contributed by atoms with Gasteiger partial charge in [0, 0.05) is 12.1 Å². The Bertz CT molecular complexity index is 422. The molecule has 1 saturated carbocycles. The lowest BCUT2D eigenvalue weighted by molar-refractivity contribution is -0.0270. The topological polar surface area (TPSA) is 23.5 Å². The molecule has 1 aromatic carbocycles. The molecule has 3 rings (SSSR count). The van der Waals surface area contributed by atoms with Crippen molar-refractivity contribution in [3.63, 3.8) is 0 Å². The smallest absolute Gasteiger partial charge is 0.0667 e. The monoisotopic (exact) mass is 273 g/mol. The van der Waals surface area contributed by atoms with Gasteiger partial charge in [0.05, 0.1) is 6.10 Å². The summed E-state index contributed by atoms with van der Waals surface area (Å²) in [5.74, 6) is 0.849. The summed E-state index contributed by atoms with van der Waals surface area (Å²) in [4.78, 5) is 2.59. The van der Waals surface area contributed by atoms with Crippen LogP contribution in [0.5, 0.6) is 0 Å². The Balaban J connectivity index is 1.91. The zero-order valence-electron chi connectivity index (χ0n) is 12.6. The molecule has 1 unspecified atom stereocenters. The number of hydrogen-bond donors (Lipinski definition) is 1. The Hall–Kier alpha value is -0.860. The lowest BCUT2D eigenvalue weighted by atomic mass is 9.71. The van der Waals surface area contributed by atoms with Crippen LogP contribution in [0.3, 0.4) is 0 Å². The number of hydrogen-bond acceptors (Lipinski definition) is 2. The summed E-state index contributed by atoms with van der Waals surface area (Å²) < 4.78 is 0. The van der Waals surface area contributed by atoms with Crippen molar-refractivity contribution in [2.24, 2.45) is 5.92 Å². The summed E-state index contributed by atoms with van der Waals surface area (Å²) in [6.45, 7) is 4.36. The molecule has 0 amide bonds. The van der Waals surface area contributed by atoms with Crippen LogP contribution in [0, 0.1) is 5.92 Å². The van der Waals surface area contributed by atoms with E-state index in [1.165, 1.54) is 31.2 Å². The maximum atomic E-state index is 10.1. The summed E-state index contributed by atoms with van der Waals surface area (Å²) in [7, 11) is 0. The van der Waals surface area contributed by atoms with Gasteiger partial charge in [-0.05, 0) is 56.6 Å². The van der Waals surface area contributed by atoms with Gasteiger partial charge >= 0.3 is 0 Å². The molecule has 2 heteroatoms. The number of nitrogens with zero attached hydrogens (tertiary/aromatic N) is 1. The van der Waals surface area contributed by atoms with Gasteiger partial charge in [-0.15, -0.1) is 0 Å². The lowest BCUT2D eigenvalue weighted by Gasteiger charge is -2.50. The Morgan fingerprint density at radius 1 is 1.10 bits per heavy atom. The average Bonchev–Trinajstić information content (AvgIpc) is 2.49. The summed E-state index contributed by atoms with van der Waals surface area (Å²) in [5.41, 5.74) is 1.64. The minimum absolute atomic E-state index is 0.135. The molecule has 0 bridgehead atoms. The number of likely N-dealkylation sites (tertiary alicyclic amines) is 1. The first-order valence-electron chi connectivity index (χ1n) is 8.19. The summed E-state index contributed by atoms with van der Waals surface area (Å²) in [5, 5.41) is 10.1. The third-order valence-electron chi connectivity index (χ3n) is 5.41. The maximum absolute atomic E-state index is 10.1. The van der Waals surface area contributed by atoms with Crippen molar-refractivity contribution < 1.29 is 5.11 Å². The van der Waals surface area contributed by atoms with Gasteiger partial charge in [0.25, 0.3) is 0 Å². The van der Waals surface area contributed by atoms with Gasteiger partial charge in [-0.2, -0.15) is 0 Å². The Morgan fingerprint density at radius 3 is 2.45 bits per heavy atom. The molecule has 0 radical (unpaired) electrons. The van der Waals surface area contributed by atoms with Crippen LogP contribution in [-0.4, -0.2) is 29.2 Å². The number of rotatable bonds is 2.